The molecule has 0 unspecified atom stereocenters. The van der Waals surface area contributed by atoms with E-state index in [2.05, 4.69) is 21.2 Å². The van der Waals surface area contributed by atoms with E-state index in [-0.39, 0.29) is 18.8 Å². The van der Waals surface area contributed by atoms with Gasteiger partial charge in [-0.1, -0.05) is 15.9 Å². The highest BCUT2D eigenvalue weighted by Gasteiger charge is 2.13. The Morgan fingerprint density at radius 1 is 1.50 bits per heavy atom. The number of carbonyl (C=O) groups excluding carboxylic acids is 1. The van der Waals surface area contributed by atoms with Crippen molar-refractivity contribution >= 4 is 27.6 Å². The van der Waals surface area contributed by atoms with Gasteiger partial charge in [0.25, 0.3) is 5.69 Å². The van der Waals surface area contributed by atoms with Crippen molar-refractivity contribution in [3.8, 4) is 0 Å². The van der Waals surface area contributed by atoms with Crippen LogP contribution < -0.4 is 10.4 Å². The molecule has 0 bridgehead atoms. The average Bonchev–Trinajstić information content (AvgIpc) is 2.19. The average molecular weight is 288 g/mol. The van der Waals surface area contributed by atoms with E-state index in [0.717, 1.165) is 0 Å². The van der Waals surface area contributed by atoms with Crippen molar-refractivity contribution < 1.29 is 14.8 Å². The van der Waals surface area contributed by atoms with E-state index in [9.17, 15) is 20.0 Å². The zero-order chi connectivity index (χ0) is 12.1. The number of nitro groups is 1. The Bertz CT molecular complexity index is 422. The van der Waals surface area contributed by atoms with E-state index in [1.165, 1.54) is 6.07 Å². The van der Waals surface area contributed by atoms with Crippen LogP contribution >= 0.6 is 15.9 Å². The Morgan fingerprint density at radius 3 is 2.75 bits per heavy atom. The van der Waals surface area contributed by atoms with Crippen LogP contribution in [0.25, 0.3) is 0 Å². The van der Waals surface area contributed by atoms with Crippen LogP contribution in [0.1, 0.15) is 5.56 Å². The van der Waals surface area contributed by atoms with Gasteiger partial charge in [-0.15, -0.1) is 0 Å². The second-order valence-corrected chi connectivity index (χ2v) is 3.92. The van der Waals surface area contributed by atoms with E-state index >= 15 is 0 Å². The van der Waals surface area contributed by atoms with Crippen molar-refractivity contribution in [2.24, 2.45) is 0 Å². The number of benzene rings is 1. The van der Waals surface area contributed by atoms with Gasteiger partial charge in [0, 0.05) is 29.2 Å². The fraction of sp³-hybridized carbons (Fsp3) is 0.222. The second-order valence-electron chi connectivity index (χ2n) is 3.01. The molecule has 0 radical (unpaired) electrons. The highest BCUT2D eigenvalue weighted by Crippen LogP contribution is 2.23. The molecule has 1 rings (SSSR count). The Labute approximate surface area is 99.6 Å². The fourth-order valence-electron chi connectivity index (χ4n) is 1.16. The zero-order valence-corrected chi connectivity index (χ0v) is 9.69. The summed E-state index contributed by atoms with van der Waals surface area (Å²) in [4.78, 5) is 20.3. The van der Waals surface area contributed by atoms with Gasteiger partial charge in [-0.3, -0.25) is 10.1 Å². The standard InChI is InChI=1S/C9H9BrN2O4/c10-7-2-1-6(4-11-5-9(13)14)8(3-7)12(15)16/h1-3,11H,4-5H2,(H,13,14)/p-1. The van der Waals surface area contributed by atoms with Crippen LogP contribution in [0.5, 0.6) is 0 Å². The van der Waals surface area contributed by atoms with Crippen LogP contribution in [0, 0.1) is 10.1 Å². The largest absolute Gasteiger partial charge is 0.549 e. The Hall–Kier alpha value is -1.47. The molecule has 1 N–H and O–H groups in total. The molecule has 7 heteroatoms. The molecule has 16 heavy (non-hydrogen) atoms. The zero-order valence-electron chi connectivity index (χ0n) is 8.10. The number of nitrogens with one attached hydrogen (secondary N) is 1. The number of carboxylic acid groups (broad SMARTS) is 1. The van der Waals surface area contributed by atoms with Gasteiger partial charge in [0.05, 0.1) is 10.9 Å². The first-order valence-electron chi connectivity index (χ1n) is 4.34. The summed E-state index contributed by atoms with van der Waals surface area (Å²) in [6.45, 7) is -0.231. The molecule has 0 aliphatic carbocycles. The molecule has 0 saturated carbocycles. The van der Waals surface area contributed by atoms with Crippen molar-refractivity contribution in [2.45, 2.75) is 6.54 Å². The fourth-order valence-corrected chi connectivity index (χ4v) is 1.50. The number of hydrogen-bond donors (Lipinski definition) is 1. The molecule has 6 nitrogen and oxygen atoms in total. The summed E-state index contributed by atoms with van der Waals surface area (Å²) in [6, 6.07) is 4.59. The van der Waals surface area contributed by atoms with Crippen molar-refractivity contribution in [1.29, 1.82) is 0 Å². The molecule has 0 aromatic heterocycles. The maximum atomic E-state index is 10.7. The van der Waals surface area contributed by atoms with E-state index in [4.69, 9.17) is 0 Å². The minimum absolute atomic E-state index is 0.0553. The molecule has 86 valence electrons. The van der Waals surface area contributed by atoms with Crippen LogP contribution in [-0.4, -0.2) is 17.4 Å². The topological polar surface area (TPSA) is 95.3 Å². The number of carboxylic acids is 1. The van der Waals surface area contributed by atoms with Gasteiger partial charge in [-0.25, -0.2) is 0 Å². The molecule has 0 saturated heterocycles. The third-order valence-corrected chi connectivity index (χ3v) is 2.32. The number of carbonyl (C=O) groups is 1. The summed E-state index contributed by atoms with van der Waals surface area (Å²) in [5, 5.41) is 23.4. The predicted molar refractivity (Wildman–Crippen MR) is 57.5 cm³/mol. The van der Waals surface area contributed by atoms with E-state index in [1.807, 2.05) is 0 Å². The predicted octanol–water partition coefficient (Wildman–Crippen LogP) is 0.197. The van der Waals surface area contributed by atoms with Crippen LogP contribution in [-0.2, 0) is 11.3 Å². The Kier molecular flexibility index (Phi) is 4.39. The molecule has 0 amide bonds. The highest BCUT2D eigenvalue weighted by molar-refractivity contribution is 9.10. The van der Waals surface area contributed by atoms with Gasteiger partial charge in [0.1, 0.15) is 0 Å². The normalized spacial score (nSPS) is 10.1. The van der Waals surface area contributed by atoms with Crippen molar-refractivity contribution in [2.75, 3.05) is 6.54 Å². The quantitative estimate of drug-likeness (QED) is 0.616. The molecule has 0 atom stereocenters. The summed E-state index contributed by atoms with van der Waals surface area (Å²) in [7, 11) is 0. The van der Waals surface area contributed by atoms with Gasteiger partial charge in [-0.05, 0) is 12.1 Å². The minimum Gasteiger partial charge on any atom is -0.549 e. The lowest BCUT2D eigenvalue weighted by Crippen LogP contribution is -2.34. The van der Waals surface area contributed by atoms with Gasteiger partial charge < -0.3 is 15.2 Å². The van der Waals surface area contributed by atoms with Gasteiger partial charge >= 0.3 is 0 Å². The SMILES string of the molecule is O=C([O-])CNCc1ccc(Br)cc1[N+](=O)[O-]. The molecule has 0 fully saturated rings. The molecule has 0 aliphatic heterocycles. The van der Waals surface area contributed by atoms with E-state index in [1.54, 1.807) is 12.1 Å². The minimum atomic E-state index is -1.25. The van der Waals surface area contributed by atoms with Crippen molar-refractivity contribution in [3.63, 3.8) is 0 Å². The third-order valence-electron chi connectivity index (χ3n) is 1.83. The third kappa shape index (κ3) is 3.59. The smallest absolute Gasteiger partial charge is 0.275 e. The first-order valence-corrected chi connectivity index (χ1v) is 5.13. The number of aliphatic carboxylic acids is 1. The molecule has 1 aromatic carbocycles. The number of halogens is 1. The van der Waals surface area contributed by atoms with Crippen LogP contribution in [0.4, 0.5) is 5.69 Å². The monoisotopic (exact) mass is 287 g/mol. The van der Waals surface area contributed by atoms with Gasteiger partial charge in [0.2, 0.25) is 0 Å². The van der Waals surface area contributed by atoms with Crippen molar-refractivity contribution in [3.05, 3.63) is 38.3 Å². The number of nitro benzene ring substituents is 1. The van der Waals surface area contributed by atoms with Crippen LogP contribution in [0.3, 0.4) is 0 Å². The van der Waals surface area contributed by atoms with Gasteiger partial charge in [0.15, 0.2) is 0 Å². The van der Waals surface area contributed by atoms with Gasteiger partial charge in [-0.2, -0.15) is 0 Å². The lowest BCUT2D eigenvalue weighted by Gasteiger charge is -2.06. The Morgan fingerprint density at radius 2 is 2.19 bits per heavy atom. The number of rotatable bonds is 5. The lowest BCUT2D eigenvalue weighted by molar-refractivity contribution is -0.385. The maximum Gasteiger partial charge on any atom is 0.275 e. The molecule has 0 heterocycles. The van der Waals surface area contributed by atoms with E-state index in [0.29, 0.717) is 10.0 Å². The summed E-state index contributed by atoms with van der Waals surface area (Å²) >= 11 is 3.13. The number of nitrogens with zero attached hydrogens (tertiary/aromatic N) is 1. The van der Waals surface area contributed by atoms with E-state index < -0.39 is 10.9 Å². The number of hydrogen-bond acceptors (Lipinski definition) is 5. The summed E-state index contributed by atoms with van der Waals surface area (Å²) in [5.74, 6) is -1.25. The Balaban J connectivity index is 2.78. The molecule has 1 aromatic rings. The molecule has 0 aliphatic rings. The van der Waals surface area contributed by atoms with Crippen LogP contribution in [0.2, 0.25) is 0 Å². The molecule has 0 spiro atoms. The van der Waals surface area contributed by atoms with Crippen LogP contribution in [0.15, 0.2) is 22.7 Å². The maximum absolute atomic E-state index is 10.7. The highest BCUT2D eigenvalue weighted by atomic mass is 79.9. The summed E-state index contributed by atoms with van der Waals surface area (Å²) in [5.41, 5.74) is 0.370. The van der Waals surface area contributed by atoms with Crippen molar-refractivity contribution in [1.82, 2.24) is 5.32 Å². The summed E-state index contributed by atoms with van der Waals surface area (Å²) < 4.78 is 0.600. The first-order chi connectivity index (χ1) is 7.50. The lowest BCUT2D eigenvalue weighted by atomic mass is 10.2. The molecular formula is C9H8BrN2O4-. The second kappa shape index (κ2) is 5.57. The first kappa shape index (κ1) is 12.6. The molecular weight excluding hydrogens is 280 g/mol. The summed E-state index contributed by atoms with van der Waals surface area (Å²) in [6.07, 6.45) is 0.